The molecular formula is C14H14N2O3S2. The third-order valence-electron chi connectivity index (χ3n) is 2.82. The van der Waals surface area contributed by atoms with Gasteiger partial charge in [0.25, 0.3) is 5.91 Å². The monoisotopic (exact) mass is 322 g/mol. The van der Waals surface area contributed by atoms with Gasteiger partial charge in [0.15, 0.2) is 0 Å². The summed E-state index contributed by atoms with van der Waals surface area (Å²) in [6.07, 6.45) is 5.02. The summed E-state index contributed by atoms with van der Waals surface area (Å²) in [7, 11) is 0. The van der Waals surface area contributed by atoms with E-state index in [2.05, 4.69) is 4.98 Å². The molecule has 0 spiro atoms. The quantitative estimate of drug-likeness (QED) is 0.481. The van der Waals surface area contributed by atoms with Gasteiger partial charge in [0.2, 0.25) is 0 Å². The van der Waals surface area contributed by atoms with Crippen molar-refractivity contribution in [2.24, 2.45) is 0 Å². The zero-order valence-electron chi connectivity index (χ0n) is 11.6. The topological polar surface area (TPSA) is 59.5 Å². The summed E-state index contributed by atoms with van der Waals surface area (Å²) in [5, 5.41) is 0. The first-order valence-corrected chi connectivity index (χ1v) is 7.60. The average Bonchev–Trinajstić information content (AvgIpc) is 2.74. The second-order valence-corrected chi connectivity index (χ2v) is 5.94. The predicted molar refractivity (Wildman–Crippen MR) is 85.3 cm³/mol. The molecule has 0 aromatic carbocycles. The van der Waals surface area contributed by atoms with Crippen LogP contribution in [0.15, 0.2) is 29.4 Å². The molecule has 1 unspecified atom stereocenters. The smallest absolute Gasteiger partial charge is 0.329 e. The Hall–Kier alpha value is -1.73. The standard InChI is InChI=1S/C14H14N2O3S2/c1-3-19-13(18)9(2)16-12(17)11(21-14(16)20)7-10-5-4-6-15-8-10/h4-9H,3H2,1-2H3/b11-7-. The first kappa shape index (κ1) is 15.7. The molecule has 1 saturated heterocycles. The van der Waals surface area contributed by atoms with Gasteiger partial charge in [-0.3, -0.25) is 14.7 Å². The van der Waals surface area contributed by atoms with E-state index in [1.807, 2.05) is 6.07 Å². The van der Waals surface area contributed by atoms with Crippen LogP contribution >= 0.6 is 24.0 Å². The third kappa shape index (κ3) is 3.48. The van der Waals surface area contributed by atoms with Crippen LogP contribution in [-0.4, -0.2) is 38.7 Å². The van der Waals surface area contributed by atoms with E-state index < -0.39 is 12.0 Å². The minimum Gasteiger partial charge on any atom is -0.464 e. The van der Waals surface area contributed by atoms with Crippen molar-refractivity contribution in [2.75, 3.05) is 6.61 Å². The van der Waals surface area contributed by atoms with Gasteiger partial charge in [-0.05, 0) is 31.6 Å². The minimum atomic E-state index is -0.725. The fourth-order valence-electron chi connectivity index (χ4n) is 1.79. The highest BCUT2D eigenvalue weighted by Gasteiger charge is 2.38. The van der Waals surface area contributed by atoms with Gasteiger partial charge < -0.3 is 4.74 Å². The maximum absolute atomic E-state index is 12.4. The Morgan fingerprint density at radius 3 is 3.00 bits per heavy atom. The number of amides is 1. The maximum atomic E-state index is 12.4. The highest BCUT2D eigenvalue weighted by Crippen LogP contribution is 2.33. The van der Waals surface area contributed by atoms with E-state index in [1.165, 1.54) is 16.7 Å². The van der Waals surface area contributed by atoms with Crippen molar-refractivity contribution in [3.8, 4) is 0 Å². The molecule has 1 amide bonds. The van der Waals surface area contributed by atoms with Crippen LogP contribution in [0, 0.1) is 0 Å². The molecule has 1 atom stereocenters. The average molecular weight is 322 g/mol. The Bertz CT molecular complexity index is 601. The second-order valence-electron chi connectivity index (χ2n) is 4.27. The minimum absolute atomic E-state index is 0.267. The molecule has 2 heterocycles. The van der Waals surface area contributed by atoms with Crippen molar-refractivity contribution >= 4 is 46.3 Å². The number of ether oxygens (including phenoxy) is 1. The third-order valence-corrected chi connectivity index (χ3v) is 4.15. The van der Waals surface area contributed by atoms with E-state index in [9.17, 15) is 9.59 Å². The van der Waals surface area contributed by atoms with Crippen LogP contribution < -0.4 is 0 Å². The Kier molecular flexibility index (Phi) is 5.08. The molecule has 1 aliphatic rings. The van der Waals surface area contributed by atoms with Crippen LogP contribution in [0.1, 0.15) is 19.4 Å². The van der Waals surface area contributed by atoms with Gasteiger partial charge >= 0.3 is 5.97 Å². The van der Waals surface area contributed by atoms with Crippen LogP contribution in [0.25, 0.3) is 6.08 Å². The number of hydrogen-bond acceptors (Lipinski definition) is 6. The Morgan fingerprint density at radius 2 is 2.38 bits per heavy atom. The molecule has 0 bridgehead atoms. The predicted octanol–water partition coefficient (Wildman–Crippen LogP) is 2.23. The summed E-state index contributed by atoms with van der Waals surface area (Å²) in [5.41, 5.74) is 0.807. The SMILES string of the molecule is CCOC(=O)C(C)N1C(=O)/C(=C/c2cccnc2)SC1=S. The van der Waals surface area contributed by atoms with E-state index in [0.29, 0.717) is 9.23 Å². The molecule has 1 aromatic heterocycles. The number of hydrogen-bond donors (Lipinski definition) is 0. The van der Waals surface area contributed by atoms with E-state index in [4.69, 9.17) is 17.0 Å². The van der Waals surface area contributed by atoms with Crippen LogP contribution in [-0.2, 0) is 14.3 Å². The first-order valence-electron chi connectivity index (χ1n) is 6.38. The van der Waals surface area contributed by atoms with Crippen molar-refractivity contribution < 1.29 is 14.3 Å². The lowest BCUT2D eigenvalue weighted by Gasteiger charge is -2.21. The van der Waals surface area contributed by atoms with Gasteiger partial charge in [0.05, 0.1) is 11.5 Å². The highest BCUT2D eigenvalue weighted by atomic mass is 32.2. The Balaban J connectivity index is 2.21. The van der Waals surface area contributed by atoms with E-state index in [1.54, 1.807) is 38.4 Å². The first-order chi connectivity index (χ1) is 10.0. The molecule has 1 aromatic rings. The molecule has 21 heavy (non-hydrogen) atoms. The zero-order valence-corrected chi connectivity index (χ0v) is 13.2. The molecule has 0 N–H and O–H groups in total. The van der Waals surface area contributed by atoms with Crippen LogP contribution in [0.3, 0.4) is 0 Å². The van der Waals surface area contributed by atoms with Crippen LogP contribution in [0.5, 0.6) is 0 Å². The van der Waals surface area contributed by atoms with Gasteiger partial charge in [-0.1, -0.05) is 30.0 Å². The largest absolute Gasteiger partial charge is 0.464 e. The van der Waals surface area contributed by atoms with Crippen molar-refractivity contribution in [1.29, 1.82) is 0 Å². The number of carbonyl (C=O) groups is 2. The lowest BCUT2D eigenvalue weighted by atomic mass is 10.2. The highest BCUT2D eigenvalue weighted by molar-refractivity contribution is 8.26. The summed E-state index contributed by atoms with van der Waals surface area (Å²) in [4.78, 5) is 29.9. The fourth-order valence-corrected chi connectivity index (χ4v) is 3.21. The van der Waals surface area contributed by atoms with E-state index in [0.717, 1.165) is 5.56 Å². The molecule has 5 nitrogen and oxygen atoms in total. The van der Waals surface area contributed by atoms with Crippen LogP contribution in [0.4, 0.5) is 0 Å². The number of rotatable bonds is 4. The maximum Gasteiger partial charge on any atom is 0.329 e. The molecule has 2 rings (SSSR count). The number of thioether (sulfide) groups is 1. The lowest BCUT2D eigenvalue weighted by Crippen LogP contribution is -2.42. The van der Waals surface area contributed by atoms with Gasteiger partial charge in [-0.15, -0.1) is 0 Å². The summed E-state index contributed by atoms with van der Waals surface area (Å²) < 4.78 is 5.29. The van der Waals surface area contributed by atoms with Crippen molar-refractivity contribution in [3.05, 3.63) is 35.0 Å². The molecule has 7 heteroatoms. The van der Waals surface area contributed by atoms with E-state index >= 15 is 0 Å². The Morgan fingerprint density at radius 1 is 1.62 bits per heavy atom. The summed E-state index contributed by atoms with van der Waals surface area (Å²) in [6.45, 7) is 3.59. The van der Waals surface area contributed by atoms with Gasteiger partial charge in [-0.2, -0.15) is 0 Å². The lowest BCUT2D eigenvalue weighted by molar-refractivity contribution is -0.149. The molecule has 1 aliphatic heterocycles. The summed E-state index contributed by atoms with van der Waals surface area (Å²) in [6, 6.07) is 2.90. The molecular weight excluding hydrogens is 308 g/mol. The van der Waals surface area contributed by atoms with Gasteiger partial charge in [0, 0.05) is 12.4 Å². The number of pyridine rings is 1. The molecule has 1 fully saturated rings. The zero-order chi connectivity index (χ0) is 15.4. The number of thiocarbonyl (C=S) groups is 1. The molecule has 0 aliphatic carbocycles. The normalized spacial score (nSPS) is 18.2. The number of carbonyl (C=O) groups excluding carboxylic acids is 2. The van der Waals surface area contributed by atoms with E-state index in [-0.39, 0.29) is 12.5 Å². The van der Waals surface area contributed by atoms with Crippen molar-refractivity contribution in [3.63, 3.8) is 0 Å². The molecule has 0 saturated carbocycles. The number of nitrogens with zero attached hydrogens (tertiary/aromatic N) is 2. The molecule has 110 valence electrons. The summed E-state index contributed by atoms with van der Waals surface area (Å²) >= 11 is 6.37. The summed E-state index contributed by atoms with van der Waals surface area (Å²) in [5.74, 6) is -0.745. The van der Waals surface area contributed by atoms with Gasteiger partial charge in [0.1, 0.15) is 10.4 Å². The Labute approximate surface area is 132 Å². The second kappa shape index (κ2) is 6.82. The number of aromatic nitrogens is 1. The molecule has 0 radical (unpaired) electrons. The number of esters is 1. The van der Waals surface area contributed by atoms with Crippen molar-refractivity contribution in [2.45, 2.75) is 19.9 Å². The van der Waals surface area contributed by atoms with Crippen LogP contribution in [0.2, 0.25) is 0 Å². The van der Waals surface area contributed by atoms with Crippen molar-refractivity contribution in [1.82, 2.24) is 9.88 Å². The van der Waals surface area contributed by atoms with Gasteiger partial charge in [-0.25, -0.2) is 4.79 Å². The fraction of sp³-hybridized carbons (Fsp3) is 0.286.